The highest BCUT2D eigenvalue weighted by molar-refractivity contribution is 7.92. The Hall–Kier alpha value is -2.94. The van der Waals surface area contributed by atoms with Gasteiger partial charge in [0.2, 0.25) is 5.91 Å². The third-order valence-electron chi connectivity index (χ3n) is 4.37. The van der Waals surface area contributed by atoms with Crippen molar-refractivity contribution in [2.75, 3.05) is 17.2 Å². The van der Waals surface area contributed by atoms with Gasteiger partial charge in [0.15, 0.2) is 16.4 Å². The number of ether oxygens (including phenoxy) is 1. The summed E-state index contributed by atoms with van der Waals surface area (Å²) in [7, 11) is -3.83. The third-order valence-corrected chi connectivity index (χ3v) is 6.51. The summed E-state index contributed by atoms with van der Waals surface area (Å²) in [6, 6.07) is 8.39. The summed E-state index contributed by atoms with van der Waals surface area (Å²) in [5.74, 6) is -1.00. The van der Waals surface area contributed by atoms with E-state index in [1.54, 1.807) is 13.0 Å². The number of hydrogen-bond donors (Lipinski definition) is 2. The molecule has 0 saturated heterocycles. The van der Waals surface area contributed by atoms with E-state index >= 15 is 0 Å². The summed E-state index contributed by atoms with van der Waals surface area (Å²) >= 11 is 0. The normalized spacial score (nSPS) is 14.5. The molecule has 0 radical (unpaired) electrons. The second-order valence-electron chi connectivity index (χ2n) is 6.57. The smallest absolute Gasteiger partial charge is 0.262 e. The molecular formula is C19H19FN2O5S. The fraction of sp³-hybridized carbons (Fsp3) is 0.263. The lowest BCUT2D eigenvalue weighted by molar-refractivity contribution is -0.118. The predicted octanol–water partition coefficient (Wildman–Crippen LogP) is 2.66. The first-order valence-electron chi connectivity index (χ1n) is 8.53. The topological polar surface area (TPSA) is 102 Å². The number of carbonyl (C=O) groups is 2. The van der Waals surface area contributed by atoms with Gasteiger partial charge in [-0.1, -0.05) is 6.07 Å². The number of nitrogens with one attached hydrogen (secondary N) is 2. The maximum absolute atomic E-state index is 13.6. The van der Waals surface area contributed by atoms with Crippen LogP contribution in [0.1, 0.15) is 18.9 Å². The van der Waals surface area contributed by atoms with Crippen molar-refractivity contribution in [3.8, 4) is 5.75 Å². The largest absolute Gasteiger partial charge is 0.482 e. The molecule has 1 atom stereocenters. The first-order chi connectivity index (χ1) is 13.2. The molecular weight excluding hydrogens is 387 g/mol. The minimum Gasteiger partial charge on any atom is -0.482 e. The maximum Gasteiger partial charge on any atom is 0.262 e. The molecule has 0 spiro atoms. The van der Waals surface area contributed by atoms with Gasteiger partial charge in [-0.05, 0) is 49.7 Å². The molecule has 2 amide bonds. The maximum atomic E-state index is 13.6. The van der Waals surface area contributed by atoms with E-state index in [-0.39, 0.29) is 35.2 Å². The van der Waals surface area contributed by atoms with Crippen molar-refractivity contribution >= 4 is 33.0 Å². The zero-order chi connectivity index (χ0) is 20.5. The number of carbonyl (C=O) groups excluding carboxylic acids is 2. The van der Waals surface area contributed by atoms with Crippen LogP contribution >= 0.6 is 0 Å². The summed E-state index contributed by atoms with van der Waals surface area (Å²) in [4.78, 5) is 23.6. The number of benzene rings is 2. The van der Waals surface area contributed by atoms with Gasteiger partial charge in [-0.15, -0.1) is 0 Å². The van der Waals surface area contributed by atoms with Crippen molar-refractivity contribution in [3.05, 3.63) is 47.8 Å². The highest BCUT2D eigenvalue weighted by atomic mass is 32.2. The van der Waals surface area contributed by atoms with Crippen LogP contribution in [0.5, 0.6) is 5.75 Å². The van der Waals surface area contributed by atoms with Crippen LogP contribution in [0.4, 0.5) is 15.8 Å². The number of fused-ring (bicyclic) bond motifs is 1. The van der Waals surface area contributed by atoms with Gasteiger partial charge < -0.3 is 15.4 Å². The molecule has 3 rings (SSSR count). The van der Waals surface area contributed by atoms with Gasteiger partial charge in [0, 0.05) is 12.1 Å². The van der Waals surface area contributed by atoms with Gasteiger partial charge in [0.05, 0.1) is 15.8 Å². The number of halogens is 1. The summed E-state index contributed by atoms with van der Waals surface area (Å²) in [5.41, 5.74) is 0.966. The van der Waals surface area contributed by atoms with E-state index in [2.05, 4.69) is 10.6 Å². The van der Waals surface area contributed by atoms with Crippen LogP contribution < -0.4 is 15.4 Å². The zero-order valence-corrected chi connectivity index (χ0v) is 16.1. The van der Waals surface area contributed by atoms with E-state index in [1.165, 1.54) is 37.3 Å². The molecule has 0 bridgehead atoms. The van der Waals surface area contributed by atoms with E-state index in [4.69, 9.17) is 4.74 Å². The second-order valence-corrected chi connectivity index (χ2v) is 8.93. The van der Waals surface area contributed by atoms with Crippen molar-refractivity contribution < 1.29 is 27.1 Å². The molecule has 0 aliphatic carbocycles. The van der Waals surface area contributed by atoms with Crippen LogP contribution in [-0.2, 0) is 19.4 Å². The first-order valence-corrected chi connectivity index (χ1v) is 10.1. The lowest BCUT2D eigenvalue weighted by Crippen LogP contribution is -2.27. The fourth-order valence-electron chi connectivity index (χ4n) is 2.72. The number of aryl methyl sites for hydroxylation is 1. The van der Waals surface area contributed by atoms with Gasteiger partial charge in [-0.2, -0.15) is 0 Å². The highest BCUT2D eigenvalue weighted by Gasteiger charge is 2.28. The SMILES string of the molecule is Cc1ccc(NC(=O)CC(C)S(=O)(=O)c2ccc3c(c2)NC(=O)CO3)cc1F. The monoisotopic (exact) mass is 406 g/mol. The summed E-state index contributed by atoms with van der Waals surface area (Å²) < 4.78 is 44.4. The van der Waals surface area contributed by atoms with Crippen molar-refractivity contribution in [2.45, 2.75) is 30.4 Å². The van der Waals surface area contributed by atoms with Gasteiger partial charge in [0.1, 0.15) is 11.6 Å². The van der Waals surface area contributed by atoms with Crippen molar-refractivity contribution in [3.63, 3.8) is 0 Å². The summed E-state index contributed by atoms with van der Waals surface area (Å²) in [6.45, 7) is 2.88. The quantitative estimate of drug-likeness (QED) is 0.795. The Kier molecular flexibility index (Phi) is 5.37. The molecule has 7 nitrogen and oxygen atoms in total. The van der Waals surface area contributed by atoms with Crippen LogP contribution in [0.15, 0.2) is 41.3 Å². The highest BCUT2D eigenvalue weighted by Crippen LogP contribution is 2.31. The molecule has 28 heavy (non-hydrogen) atoms. The molecule has 1 unspecified atom stereocenters. The standard InChI is InChI=1S/C19H19FN2O5S/c1-11-3-4-13(8-15(11)20)21-18(23)7-12(2)28(25,26)14-5-6-17-16(9-14)22-19(24)10-27-17/h3-6,8-9,12H,7,10H2,1-2H3,(H,21,23)(H,22,24). The zero-order valence-electron chi connectivity index (χ0n) is 15.3. The Labute approximate surface area is 161 Å². The summed E-state index contributed by atoms with van der Waals surface area (Å²) in [6.07, 6.45) is -0.308. The van der Waals surface area contributed by atoms with Gasteiger partial charge in [-0.3, -0.25) is 9.59 Å². The van der Waals surface area contributed by atoms with E-state index in [0.717, 1.165) is 0 Å². The van der Waals surface area contributed by atoms with Crippen molar-refractivity contribution in [1.29, 1.82) is 0 Å². The number of amides is 2. The molecule has 9 heteroatoms. The molecule has 2 aromatic rings. The van der Waals surface area contributed by atoms with Crippen LogP contribution in [0.2, 0.25) is 0 Å². The van der Waals surface area contributed by atoms with Gasteiger partial charge >= 0.3 is 0 Å². The Morgan fingerprint density at radius 1 is 1.29 bits per heavy atom. The van der Waals surface area contributed by atoms with Crippen molar-refractivity contribution in [2.24, 2.45) is 0 Å². The number of anilines is 2. The fourth-order valence-corrected chi connectivity index (χ4v) is 4.10. The van der Waals surface area contributed by atoms with Crippen LogP contribution in [0.25, 0.3) is 0 Å². The average Bonchev–Trinajstić information content (AvgIpc) is 2.64. The van der Waals surface area contributed by atoms with Crippen molar-refractivity contribution in [1.82, 2.24) is 0 Å². The number of hydrogen-bond acceptors (Lipinski definition) is 5. The molecule has 0 saturated carbocycles. The molecule has 0 fully saturated rings. The Morgan fingerprint density at radius 2 is 2.04 bits per heavy atom. The molecule has 1 aliphatic heterocycles. The lowest BCUT2D eigenvalue weighted by Gasteiger charge is -2.19. The first kappa shape index (κ1) is 19.8. The van der Waals surface area contributed by atoms with E-state index in [9.17, 15) is 22.4 Å². The number of sulfone groups is 1. The van der Waals surface area contributed by atoms with Crippen LogP contribution in [0.3, 0.4) is 0 Å². The van der Waals surface area contributed by atoms with Crippen LogP contribution in [0, 0.1) is 12.7 Å². The molecule has 148 valence electrons. The predicted molar refractivity (Wildman–Crippen MR) is 102 cm³/mol. The van der Waals surface area contributed by atoms with Crippen LogP contribution in [-0.4, -0.2) is 32.1 Å². The third kappa shape index (κ3) is 4.14. The Balaban J connectivity index is 1.73. The minimum absolute atomic E-state index is 0.0290. The van der Waals surface area contributed by atoms with E-state index < -0.39 is 26.8 Å². The minimum atomic E-state index is -3.83. The Bertz CT molecular complexity index is 1050. The molecule has 2 aromatic carbocycles. The lowest BCUT2D eigenvalue weighted by atomic mass is 10.2. The number of rotatable bonds is 5. The molecule has 2 N–H and O–H groups in total. The van der Waals surface area contributed by atoms with Gasteiger partial charge in [-0.25, -0.2) is 12.8 Å². The van der Waals surface area contributed by atoms with E-state index in [0.29, 0.717) is 11.3 Å². The Morgan fingerprint density at radius 3 is 2.75 bits per heavy atom. The molecule has 1 aliphatic rings. The summed E-state index contributed by atoms with van der Waals surface area (Å²) in [5, 5.41) is 4.02. The average molecular weight is 406 g/mol. The second kappa shape index (κ2) is 7.59. The van der Waals surface area contributed by atoms with Gasteiger partial charge in [0.25, 0.3) is 5.91 Å². The van der Waals surface area contributed by atoms with E-state index in [1.807, 2.05) is 0 Å². The molecule has 0 aromatic heterocycles. The molecule has 1 heterocycles.